The van der Waals surface area contributed by atoms with Crippen LogP contribution in [0.25, 0.3) is 0 Å². The van der Waals surface area contributed by atoms with Crippen LogP contribution in [0.1, 0.15) is 26.2 Å². The van der Waals surface area contributed by atoms with Gasteiger partial charge in [-0.05, 0) is 6.42 Å². The lowest BCUT2D eigenvalue weighted by Gasteiger charge is -1.91. The highest BCUT2D eigenvalue weighted by Gasteiger charge is 2.32. The van der Waals surface area contributed by atoms with E-state index in [1.165, 1.54) is 5.06 Å². The van der Waals surface area contributed by atoms with Crippen molar-refractivity contribution in [3.05, 3.63) is 0 Å². The first-order valence-electron chi connectivity index (χ1n) is 3.67. The summed E-state index contributed by atoms with van der Waals surface area (Å²) in [4.78, 5) is 4.66. The predicted molar refractivity (Wildman–Crippen MR) is 41.2 cm³/mol. The Labute approximate surface area is 67.2 Å². The van der Waals surface area contributed by atoms with Gasteiger partial charge >= 0.3 is 0 Å². The number of hydroxylamine groups is 2. The summed E-state index contributed by atoms with van der Waals surface area (Å²) >= 11 is 0. The zero-order valence-corrected chi connectivity index (χ0v) is 7.23. The van der Waals surface area contributed by atoms with Crippen molar-refractivity contribution in [3.63, 3.8) is 0 Å². The number of rotatable bonds is 4. The lowest BCUT2D eigenvalue weighted by molar-refractivity contribution is 0.200. The van der Waals surface area contributed by atoms with Gasteiger partial charge in [0, 0.05) is 6.54 Å². The zero-order valence-electron chi connectivity index (χ0n) is 6.41. The van der Waals surface area contributed by atoms with E-state index in [0.717, 1.165) is 19.3 Å². The van der Waals surface area contributed by atoms with Crippen LogP contribution in [-0.4, -0.2) is 25.2 Å². The molecule has 1 saturated heterocycles. The molecule has 0 bridgehead atoms. The van der Waals surface area contributed by atoms with E-state index in [1.54, 1.807) is 0 Å². The van der Waals surface area contributed by atoms with Crippen LogP contribution in [0.3, 0.4) is 0 Å². The molecule has 4 nitrogen and oxygen atoms in total. The first kappa shape index (κ1) is 8.70. The Bertz CT molecular complexity index is 249. The highest BCUT2D eigenvalue weighted by molar-refractivity contribution is 7.72. The summed E-state index contributed by atoms with van der Waals surface area (Å²) in [5, 5.41) is 1.49. The smallest absolute Gasteiger partial charge is 0.223 e. The third kappa shape index (κ3) is 2.61. The third-order valence-electron chi connectivity index (χ3n) is 1.47. The van der Waals surface area contributed by atoms with Crippen LogP contribution in [0, 0.1) is 0 Å². The molecule has 0 radical (unpaired) electrons. The van der Waals surface area contributed by atoms with E-state index in [2.05, 4.69) is 11.8 Å². The molecule has 0 spiro atoms. The maximum Gasteiger partial charge on any atom is 0.290 e. The Balaban J connectivity index is 2.19. The molecular weight excluding hydrogens is 166 g/mol. The zero-order chi connectivity index (χ0) is 8.27. The molecule has 0 N–H and O–H groups in total. The first-order chi connectivity index (χ1) is 5.25. The number of hydrogen-bond acceptors (Lipinski definition) is 3. The molecule has 1 unspecified atom stereocenters. The Hall–Kier alpha value is -0.390. The summed E-state index contributed by atoms with van der Waals surface area (Å²) in [5.74, 6) is 0. The van der Waals surface area contributed by atoms with E-state index in [0.29, 0.717) is 6.54 Å². The largest absolute Gasteiger partial charge is 0.290 e. The van der Waals surface area contributed by atoms with Gasteiger partial charge in [0.15, 0.2) is 0 Å². The molecule has 0 saturated carbocycles. The molecule has 1 fully saturated rings. The van der Waals surface area contributed by atoms with Gasteiger partial charge in [-0.3, -0.25) is 0 Å². The molecule has 5 heteroatoms. The van der Waals surface area contributed by atoms with Gasteiger partial charge in [-0.25, -0.2) is 4.84 Å². The molecule has 1 rings (SSSR count). The van der Waals surface area contributed by atoms with E-state index in [4.69, 9.17) is 0 Å². The van der Waals surface area contributed by atoms with Gasteiger partial charge in [-0.15, -0.1) is 5.06 Å². The summed E-state index contributed by atoms with van der Waals surface area (Å²) in [7, 11) is -2.17. The standard InChI is InChI=1S/C6H11NO3S/c1-2-3-4-5-7-6(10-7)11(8)9/h2-5H2,1H3. The van der Waals surface area contributed by atoms with Crippen molar-refractivity contribution in [3.8, 4) is 0 Å². The van der Waals surface area contributed by atoms with E-state index in [9.17, 15) is 8.42 Å². The predicted octanol–water partition coefficient (Wildman–Crippen LogP) is 0.390. The van der Waals surface area contributed by atoms with Crippen molar-refractivity contribution < 1.29 is 13.3 Å². The van der Waals surface area contributed by atoms with Crippen LogP contribution in [-0.2, 0) is 15.1 Å². The molecule has 0 aromatic rings. The second-order valence-electron chi connectivity index (χ2n) is 2.40. The highest BCUT2D eigenvalue weighted by Crippen LogP contribution is 2.12. The normalized spacial score (nSPS) is 21.9. The third-order valence-corrected chi connectivity index (χ3v) is 2.03. The lowest BCUT2D eigenvalue weighted by Crippen LogP contribution is -2.00. The summed E-state index contributed by atoms with van der Waals surface area (Å²) in [6.07, 6.45) is 3.22. The van der Waals surface area contributed by atoms with E-state index in [1.807, 2.05) is 0 Å². The topological polar surface area (TPSA) is 49.7 Å². The average Bonchev–Trinajstić information content (AvgIpc) is 2.68. The molecule has 1 aliphatic rings. The highest BCUT2D eigenvalue weighted by atomic mass is 32.2. The Kier molecular flexibility index (Phi) is 3.04. The molecule has 0 aliphatic carbocycles. The minimum absolute atomic E-state index is 0.0844. The SMILES string of the molecule is CCCCCN1OC1=S(=O)=O. The van der Waals surface area contributed by atoms with Crippen molar-refractivity contribution in [2.45, 2.75) is 26.2 Å². The summed E-state index contributed by atoms with van der Waals surface area (Å²) in [6, 6.07) is 0. The second-order valence-corrected chi connectivity index (χ2v) is 3.22. The van der Waals surface area contributed by atoms with Gasteiger partial charge in [0.05, 0.1) is 0 Å². The summed E-state index contributed by atoms with van der Waals surface area (Å²) in [5.41, 5.74) is 0. The Morgan fingerprint density at radius 1 is 1.45 bits per heavy atom. The molecule has 0 aromatic carbocycles. The fourth-order valence-electron chi connectivity index (χ4n) is 0.830. The Morgan fingerprint density at radius 3 is 2.64 bits per heavy atom. The van der Waals surface area contributed by atoms with Crippen LogP contribution in [0.15, 0.2) is 0 Å². The van der Waals surface area contributed by atoms with Crippen LogP contribution in [0.5, 0.6) is 0 Å². The van der Waals surface area contributed by atoms with E-state index in [-0.39, 0.29) is 5.17 Å². The fraction of sp³-hybridized carbons (Fsp3) is 0.833. The van der Waals surface area contributed by atoms with Gasteiger partial charge in [0.2, 0.25) is 0 Å². The van der Waals surface area contributed by atoms with Gasteiger partial charge in [-0.1, -0.05) is 19.8 Å². The summed E-state index contributed by atoms with van der Waals surface area (Å²) < 4.78 is 20.4. The fourth-order valence-corrected chi connectivity index (χ4v) is 1.24. The number of hydrogen-bond donors (Lipinski definition) is 0. The van der Waals surface area contributed by atoms with Crippen molar-refractivity contribution in [2.75, 3.05) is 6.54 Å². The number of nitrogens with zero attached hydrogens (tertiary/aromatic N) is 1. The monoisotopic (exact) mass is 177 g/mol. The summed E-state index contributed by atoms with van der Waals surface area (Å²) in [6.45, 7) is 2.79. The Morgan fingerprint density at radius 2 is 2.18 bits per heavy atom. The van der Waals surface area contributed by atoms with Gasteiger partial charge < -0.3 is 0 Å². The maximum atomic E-state index is 10.2. The maximum absolute atomic E-state index is 10.2. The molecule has 11 heavy (non-hydrogen) atoms. The van der Waals surface area contributed by atoms with Crippen LogP contribution >= 0.6 is 0 Å². The van der Waals surface area contributed by atoms with Crippen LogP contribution in [0.2, 0.25) is 0 Å². The van der Waals surface area contributed by atoms with E-state index < -0.39 is 10.3 Å². The number of unbranched alkanes of at least 4 members (excludes halogenated alkanes) is 2. The van der Waals surface area contributed by atoms with Crippen molar-refractivity contribution in [1.82, 2.24) is 5.06 Å². The van der Waals surface area contributed by atoms with Crippen LogP contribution < -0.4 is 0 Å². The van der Waals surface area contributed by atoms with Crippen molar-refractivity contribution in [2.24, 2.45) is 0 Å². The second kappa shape index (κ2) is 3.85. The lowest BCUT2D eigenvalue weighted by atomic mass is 10.2. The average molecular weight is 177 g/mol. The van der Waals surface area contributed by atoms with Gasteiger partial charge in [0.1, 0.15) is 0 Å². The van der Waals surface area contributed by atoms with Crippen LogP contribution in [0.4, 0.5) is 0 Å². The molecule has 0 aromatic heterocycles. The molecule has 1 heterocycles. The molecule has 1 atom stereocenters. The quantitative estimate of drug-likeness (QED) is 0.354. The van der Waals surface area contributed by atoms with Gasteiger partial charge in [-0.2, -0.15) is 8.42 Å². The van der Waals surface area contributed by atoms with Crippen molar-refractivity contribution >= 4 is 15.5 Å². The first-order valence-corrected chi connectivity index (χ1v) is 4.75. The molecule has 1 aliphatic heterocycles. The van der Waals surface area contributed by atoms with Gasteiger partial charge in [0.25, 0.3) is 15.5 Å². The minimum Gasteiger partial charge on any atom is -0.223 e. The van der Waals surface area contributed by atoms with E-state index >= 15 is 0 Å². The minimum atomic E-state index is -2.17. The molecule has 0 amide bonds. The molecular formula is C6H11NO3S. The van der Waals surface area contributed by atoms with Crippen molar-refractivity contribution in [1.29, 1.82) is 0 Å². The molecule has 64 valence electrons.